The Morgan fingerprint density at radius 2 is 1.87 bits per heavy atom. The van der Waals surface area contributed by atoms with Gasteiger partial charge in [0.2, 0.25) is 0 Å². The summed E-state index contributed by atoms with van der Waals surface area (Å²) in [7, 11) is 0. The fourth-order valence-electron chi connectivity index (χ4n) is 2.67. The van der Waals surface area contributed by atoms with Crippen molar-refractivity contribution >= 4 is 6.09 Å². The number of hydrogen-bond donors (Lipinski definition) is 1. The summed E-state index contributed by atoms with van der Waals surface area (Å²) in [5.74, 6) is 0.591. The molecular formula is C18H21N3O2. The van der Waals surface area contributed by atoms with Crippen LogP contribution in [0.15, 0.2) is 54.7 Å². The lowest BCUT2D eigenvalue weighted by atomic mass is 10.1. The minimum absolute atomic E-state index is 0.264. The smallest absolute Gasteiger partial charge is 0.410 e. The van der Waals surface area contributed by atoms with Crippen LogP contribution in [0.1, 0.15) is 18.5 Å². The first-order chi connectivity index (χ1) is 11.3. The van der Waals surface area contributed by atoms with Gasteiger partial charge in [-0.3, -0.25) is 4.98 Å². The molecule has 3 rings (SSSR count). The van der Waals surface area contributed by atoms with E-state index in [1.165, 1.54) is 0 Å². The summed E-state index contributed by atoms with van der Waals surface area (Å²) in [6.45, 7) is 2.19. The third-order valence-corrected chi connectivity index (χ3v) is 4.00. The molecule has 1 fully saturated rings. The molecule has 2 heterocycles. The molecule has 1 aromatic heterocycles. The molecule has 2 aromatic rings. The summed E-state index contributed by atoms with van der Waals surface area (Å²) in [5, 5.41) is 3.51. The molecule has 1 aliphatic rings. The first kappa shape index (κ1) is 15.5. The number of ether oxygens (including phenoxy) is 1. The molecule has 5 heteroatoms. The maximum absolute atomic E-state index is 12.1. The van der Waals surface area contributed by atoms with Crippen molar-refractivity contribution in [2.24, 2.45) is 0 Å². The van der Waals surface area contributed by atoms with Gasteiger partial charge >= 0.3 is 6.09 Å². The van der Waals surface area contributed by atoms with Gasteiger partial charge in [-0.2, -0.15) is 0 Å². The van der Waals surface area contributed by atoms with Crippen molar-refractivity contribution in [3.8, 4) is 5.75 Å². The minimum atomic E-state index is -0.264. The standard InChI is InChI=1S/C18H21N3O2/c22-18(23-17-7-2-1-3-8-17)21-12-9-15(10-13-21)20-14-16-6-4-5-11-19-16/h1-8,11,15,20H,9-10,12-14H2. The van der Waals surface area contributed by atoms with Crippen molar-refractivity contribution in [3.63, 3.8) is 0 Å². The number of carbonyl (C=O) groups is 1. The first-order valence-corrected chi connectivity index (χ1v) is 7.96. The Morgan fingerprint density at radius 1 is 1.13 bits per heavy atom. The second-order valence-corrected chi connectivity index (χ2v) is 5.64. The van der Waals surface area contributed by atoms with Gasteiger partial charge < -0.3 is 15.0 Å². The highest BCUT2D eigenvalue weighted by Crippen LogP contribution is 2.15. The van der Waals surface area contributed by atoms with E-state index in [0.717, 1.165) is 25.1 Å². The number of aromatic nitrogens is 1. The van der Waals surface area contributed by atoms with E-state index in [-0.39, 0.29) is 6.09 Å². The van der Waals surface area contributed by atoms with Crippen molar-refractivity contribution in [3.05, 3.63) is 60.4 Å². The van der Waals surface area contributed by atoms with Crippen LogP contribution < -0.4 is 10.1 Å². The Labute approximate surface area is 136 Å². The van der Waals surface area contributed by atoms with Crippen LogP contribution >= 0.6 is 0 Å². The number of amides is 1. The quantitative estimate of drug-likeness (QED) is 0.943. The van der Waals surface area contributed by atoms with Crippen LogP contribution in [-0.2, 0) is 6.54 Å². The van der Waals surface area contributed by atoms with E-state index in [0.29, 0.717) is 24.9 Å². The van der Waals surface area contributed by atoms with Gasteiger partial charge in [-0.1, -0.05) is 24.3 Å². The van der Waals surface area contributed by atoms with E-state index in [1.807, 2.05) is 36.4 Å². The maximum Gasteiger partial charge on any atom is 0.415 e. The molecule has 0 unspecified atom stereocenters. The van der Waals surface area contributed by atoms with Gasteiger partial charge in [-0.25, -0.2) is 4.79 Å². The monoisotopic (exact) mass is 311 g/mol. The van der Waals surface area contributed by atoms with Gasteiger partial charge in [0.15, 0.2) is 0 Å². The number of rotatable bonds is 4. The Kier molecular flexibility index (Phi) is 5.21. The van der Waals surface area contributed by atoms with Gasteiger partial charge in [-0.05, 0) is 37.1 Å². The zero-order chi connectivity index (χ0) is 15.9. The molecule has 120 valence electrons. The van der Waals surface area contributed by atoms with Crippen molar-refractivity contribution < 1.29 is 9.53 Å². The number of carbonyl (C=O) groups excluding carboxylic acids is 1. The predicted octanol–water partition coefficient (Wildman–Crippen LogP) is 2.83. The molecule has 1 aromatic carbocycles. The summed E-state index contributed by atoms with van der Waals surface area (Å²) in [5.41, 5.74) is 1.04. The molecular weight excluding hydrogens is 290 g/mol. The molecule has 0 saturated carbocycles. The molecule has 0 aliphatic carbocycles. The average molecular weight is 311 g/mol. The summed E-state index contributed by atoms with van der Waals surface area (Å²) in [6, 6.07) is 15.5. The number of piperidine rings is 1. The van der Waals surface area contributed by atoms with Gasteiger partial charge in [0, 0.05) is 31.9 Å². The lowest BCUT2D eigenvalue weighted by Gasteiger charge is -2.31. The minimum Gasteiger partial charge on any atom is -0.410 e. The van der Waals surface area contributed by atoms with E-state index >= 15 is 0 Å². The Hall–Kier alpha value is -2.40. The number of nitrogens with one attached hydrogen (secondary N) is 1. The number of pyridine rings is 1. The van der Waals surface area contributed by atoms with E-state index < -0.39 is 0 Å². The number of para-hydroxylation sites is 1. The molecule has 1 saturated heterocycles. The number of benzene rings is 1. The third kappa shape index (κ3) is 4.53. The fourth-order valence-corrected chi connectivity index (χ4v) is 2.67. The summed E-state index contributed by atoms with van der Waals surface area (Å²) < 4.78 is 5.37. The molecule has 0 bridgehead atoms. The first-order valence-electron chi connectivity index (χ1n) is 7.96. The van der Waals surface area contributed by atoms with Crippen LogP contribution in [0.3, 0.4) is 0 Å². The lowest BCUT2D eigenvalue weighted by molar-refractivity contribution is 0.135. The van der Waals surface area contributed by atoms with E-state index in [2.05, 4.69) is 10.3 Å². The highest BCUT2D eigenvalue weighted by atomic mass is 16.6. The zero-order valence-electron chi connectivity index (χ0n) is 13.0. The molecule has 1 amide bonds. The topological polar surface area (TPSA) is 54.5 Å². The molecule has 0 radical (unpaired) electrons. The van der Waals surface area contributed by atoms with Crippen molar-refractivity contribution in [2.75, 3.05) is 13.1 Å². The second-order valence-electron chi connectivity index (χ2n) is 5.64. The van der Waals surface area contributed by atoms with Gasteiger partial charge in [0.1, 0.15) is 5.75 Å². The molecule has 5 nitrogen and oxygen atoms in total. The number of nitrogens with zero attached hydrogens (tertiary/aromatic N) is 2. The van der Waals surface area contributed by atoms with E-state index in [9.17, 15) is 4.79 Å². The van der Waals surface area contributed by atoms with Crippen LogP contribution in [0.4, 0.5) is 4.79 Å². The average Bonchev–Trinajstić information content (AvgIpc) is 2.62. The van der Waals surface area contributed by atoms with Gasteiger partial charge in [-0.15, -0.1) is 0 Å². The SMILES string of the molecule is O=C(Oc1ccccc1)N1CCC(NCc2ccccn2)CC1. The Bertz CT molecular complexity index is 611. The Balaban J connectivity index is 1.42. The Morgan fingerprint density at radius 3 is 2.57 bits per heavy atom. The summed E-state index contributed by atoms with van der Waals surface area (Å²) >= 11 is 0. The van der Waals surface area contributed by atoms with Crippen LogP contribution in [0.5, 0.6) is 5.75 Å². The highest BCUT2D eigenvalue weighted by Gasteiger charge is 2.23. The van der Waals surface area contributed by atoms with Crippen molar-refractivity contribution in [2.45, 2.75) is 25.4 Å². The fraction of sp³-hybridized carbons (Fsp3) is 0.333. The van der Waals surface area contributed by atoms with E-state index in [4.69, 9.17) is 4.74 Å². The second kappa shape index (κ2) is 7.74. The van der Waals surface area contributed by atoms with Crippen LogP contribution in [0.25, 0.3) is 0 Å². The maximum atomic E-state index is 12.1. The number of hydrogen-bond acceptors (Lipinski definition) is 4. The molecule has 0 spiro atoms. The van der Waals surface area contributed by atoms with Gasteiger partial charge in [0.05, 0.1) is 5.69 Å². The lowest BCUT2D eigenvalue weighted by Crippen LogP contribution is -2.45. The highest BCUT2D eigenvalue weighted by molar-refractivity contribution is 5.70. The molecule has 1 aliphatic heterocycles. The predicted molar refractivity (Wildman–Crippen MR) is 88.1 cm³/mol. The van der Waals surface area contributed by atoms with Crippen molar-refractivity contribution in [1.82, 2.24) is 15.2 Å². The normalized spacial score (nSPS) is 15.4. The molecule has 1 N–H and O–H groups in total. The van der Waals surface area contributed by atoms with Crippen molar-refractivity contribution in [1.29, 1.82) is 0 Å². The third-order valence-electron chi connectivity index (χ3n) is 4.00. The zero-order valence-corrected chi connectivity index (χ0v) is 13.0. The summed E-state index contributed by atoms with van der Waals surface area (Å²) in [4.78, 5) is 18.2. The summed E-state index contributed by atoms with van der Waals surface area (Å²) in [6.07, 6.45) is 3.39. The molecule has 0 atom stereocenters. The van der Waals surface area contributed by atoms with Crippen LogP contribution in [0, 0.1) is 0 Å². The number of likely N-dealkylation sites (tertiary alicyclic amines) is 1. The van der Waals surface area contributed by atoms with Gasteiger partial charge in [0.25, 0.3) is 0 Å². The molecule has 23 heavy (non-hydrogen) atoms. The van der Waals surface area contributed by atoms with Crippen LogP contribution in [0.2, 0.25) is 0 Å². The van der Waals surface area contributed by atoms with E-state index in [1.54, 1.807) is 23.2 Å². The van der Waals surface area contributed by atoms with Crippen LogP contribution in [-0.4, -0.2) is 35.1 Å². The largest absolute Gasteiger partial charge is 0.415 e.